The van der Waals surface area contributed by atoms with Crippen molar-refractivity contribution in [1.82, 2.24) is 0 Å². The van der Waals surface area contributed by atoms with Gasteiger partial charge in [-0.05, 0) is 52.0 Å². The third-order valence-corrected chi connectivity index (χ3v) is 5.45. The van der Waals surface area contributed by atoms with Gasteiger partial charge in [-0.2, -0.15) is 0 Å². The summed E-state index contributed by atoms with van der Waals surface area (Å²) in [5, 5.41) is 8.38. The van der Waals surface area contributed by atoms with Crippen LogP contribution in [0.15, 0.2) is 30.3 Å². The molecule has 0 spiro atoms. The minimum atomic E-state index is -0.421. The van der Waals surface area contributed by atoms with Crippen molar-refractivity contribution in [3.8, 4) is 0 Å². The Labute approximate surface area is 174 Å². The van der Waals surface area contributed by atoms with E-state index in [1.165, 1.54) is 25.1 Å². The Kier molecular flexibility index (Phi) is 16.0. The Balaban J connectivity index is 0. The molecule has 1 unspecified atom stereocenters. The van der Waals surface area contributed by atoms with E-state index in [1.54, 1.807) is 0 Å². The topological polar surface area (TPSA) is 46.5 Å². The first-order valence-corrected chi connectivity index (χ1v) is 10.7. The Bertz CT molecular complexity index is 492. The molecule has 1 rings (SSSR count). The van der Waals surface area contributed by atoms with Gasteiger partial charge in [0.2, 0.25) is 0 Å². The van der Waals surface area contributed by atoms with Crippen molar-refractivity contribution >= 4 is 5.97 Å². The number of quaternary nitrogens is 1. The number of benzene rings is 1. The number of esters is 1. The van der Waals surface area contributed by atoms with Gasteiger partial charge in [-0.25, -0.2) is 0 Å². The molecule has 1 N–H and O–H groups in total. The zero-order valence-corrected chi connectivity index (χ0v) is 19.9. The maximum atomic E-state index is 11.1. The minimum Gasteiger partial charge on any atom is -0.463 e. The molecule has 0 aliphatic heterocycles. The normalized spacial score (nSPS) is 12.1. The highest BCUT2D eigenvalue weighted by Gasteiger charge is 2.26. The summed E-state index contributed by atoms with van der Waals surface area (Å²) < 4.78 is 5.90. The van der Waals surface area contributed by atoms with E-state index in [0.717, 1.165) is 10.9 Å². The van der Waals surface area contributed by atoms with Gasteiger partial charge in [0.05, 0.1) is 39.2 Å². The predicted molar refractivity (Wildman–Crippen MR) is 120 cm³/mol. The first-order valence-electron chi connectivity index (χ1n) is 10.7. The van der Waals surface area contributed by atoms with E-state index < -0.39 is 5.41 Å². The number of carbonyl (C=O) groups excluding carboxylic acids is 1. The molecular formula is C24H46NO3+. The van der Waals surface area contributed by atoms with E-state index in [9.17, 15) is 4.79 Å². The summed E-state index contributed by atoms with van der Waals surface area (Å²) in [4.78, 5) is 11.1. The lowest BCUT2D eigenvalue weighted by atomic mass is 9.91. The highest BCUT2D eigenvalue weighted by atomic mass is 16.5. The summed E-state index contributed by atoms with van der Waals surface area (Å²) in [6.45, 7) is 16.9. The maximum absolute atomic E-state index is 11.1. The van der Waals surface area contributed by atoms with Crippen molar-refractivity contribution in [1.29, 1.82) is 0 Å². The molecule has 0 saturated carbocycles. The Morgan fingerprint density at radius 1 is 1.07 bits per heavy atom. The number of hydrogen-bond acceptors (Lipinski definition) is 3. The fraction of sp³-hybridized carbons (Fsp3) is 0.708. The monoisotopic (exact) mass is 396 g/mol. The number of aliphatic hydroxyl groups excluding tert-OH is 1. The second kappa shape index (κ2) is 15.5. The van der Waals surface area contributed by atoms with Crippen LogP contribution >= 0.6 is 0 Å². The zero-order chi connectivity index (χ0) is 22.2. The van der Waals surface area contributed by atoms with Crippen LogP contribution in [-0.2, 0) is 9.53 Å². The van der Waals surface area contributed by atoms with Crippen LogP contribution in [0.3, 0.4) is 0 Å². The van der Waals surface area contributed by atoms with E-state index in [0.29, 0.717) is 5.92 Å². The molecule has 1 aromatic carbocycles. The number of aliphatic hydroxyl groups is 1. The standard InChI is InChI=1S/C10H14.C8H16O3.C6H16N/c1-3-9(2)10-7-5-4-6-8-10;1-4-8(2,3)7(10)11-6-5-9;1-5-7(3,4)6-2/h4-9H,3H2,1-2H3;9H,4-6H2,1-3H3;5-6H2,1-4H3/q;;+1. The molecule has 0 heterocycles. The predicted octanol–water partition coefficient (Wildman–Crippen LogP) is 5.26. The number of rotatable bonds is 8. The number of nitrogens with zero attached hydrogens (tertiary/aromatic N) is 1. The van der Waals surface area contributed by atoms with Crippen molar-refractivity contribution in [2.45, 2.75) is 67.2 Å². The molecule has 0 aliphatic rings. The first kappa shape index (κ1) is 28.8. The van der Waals surface area contributed by atoms with E-state index in [4.69, 9.17) is 9.84 Å². The molecule has 1 aromatic rings. The van der Waals surface area contributed by atoms with Crippen molar-refractivity contribution in [3.63, 3.8) is 0 Å². The SMILES string of the molecule is CCC(C)(C)C(=O)OCCO.CCC(C)c1ccccc1.CC[N+](C)(C)CC. The second-order valence-corrected chi connectivity index (χ2v) is 8.39. The summed E-state index contributed by atoms with van der Waals surface area (Å²) in [6.07, 6.45) is 1.97. The van der Waals surface area contributed by atoms with E-state index >= 15 is 0 Å². The van der Waals surface area contributed by atoms with Gasteiger partial charge in [0.15, 0.2) is 0 Å². The Morgan fingerprint density at radius 3 is 1.89 bits per heavy atom. The molecule has 4 nitrogen and oxygen atoms in total. The van der Waals surface area contributed by atoms with Gasteiger partial charge in [0.1, 0.15) is 6.61 Å². The number of hydrogen-bond donors (Lipinski definition) is 1. The van der Waals surface area contributed by atoms with Crippen LogP contribution in [0.2, 0.25) is 0 Å². The Hall–Kier alpha value is -1.39. The summed E-state index contributed by atoms with van der Waals surface area (Å²) in [6, 6.07) is 10.6. The van der Waals surface area contributed by atoms with Gasteiger partial charge < -0.3 is 14.3 Å². The molecule has 28 heavy (non-hydrogen) atoms. The number of ether oxygens (including phenoxy) is 1. The van der Waals surface area contributed by atoms with Gasteiger partial charge >= 0.3 is 5.97 Å². The van der Waals surface area contributed by atoms with E-state index in [1.807, 2.05) is 20.8 Å². The largest absolute Gasteiger partial charge is 0.463 e. The first-order chi connectivity index (χ1) is 13.0. The molecule has 0 saturated heterocycles. The summed E-state index contributed by atoms with van der Waals surface area (Å²) >= 11 is 0. The van der Waals surface area contributed by atoms with Crippen LogP contribution in [0.5, 0.6) is 0 Å². The second-order valence-electron chi connectivity index (χ2n) is 8.39. The summed E-state index contributed by atoms with van der Waals surface area (Å²) in [5.74, 6) is 0.468. The highest BCUT2D eigenvalue weighted by Crippen LogP contribution is 2.21. The van der Waals surface area contributed by atoms with Gasteiger partial charge in [-0.1, -0.05) is 51.1 Å². The van der Waals surface area contributed by atoms with Crippen LogP contribution in [0.1, 0.15) is 72.8 Å². The van der Waals surface area contributed by atoms with Gasteiger partial charge in [-0.3, -0.25) is 4.79 Å². The average Bonchev–Trinajstić information content (AvgIpc) is 2.72. The molecule has 0 aromatic heterocycles. The van der Waals surface area contributed by atoms with E-state index in [2.05, 4.69) is 72.1 Å². The average molecular weight is 397 g/mol. The van der Waals surface area contributed by atoms with Crippen molar-refractivity contribution in [3.05, 3.63) is 35.9 Å². The lowest BCUT2D eigenvalue weighted by Crippen LogP contribution is -2.38. The van der Waals surface area contributed by atoms with Crippen molar-refractivity contribution < 1.29 is 19.1 Å². The van der Waals surface area contributed by atoms with Crippen LogP contribution in [0.25, 0.3) is 0 Å². The molecule has 0 radical (unpaired) electrons. The quantitative estimate of drug-likeness (QED) is 0.481. The maximum Gasteiger partial charge on any atom is 0.311 e. The highest BCUT2D eigenvalue weighted by molar-refractivity contribution is 5.75. The number of carbonyl (C=O) groups is 1. The fourth-order valence-corrected chi connectivity index (χ4v) is 1.72. The van der Waals surface area contributed by atoms with Crippen LogP contribution in [0.4, 0.5) is 0 Å². The van der Waals surface area contributed by atoms with Crippen molar-refractivity contribution in [2.75, 3.05) is 40.4 Å². The Morgan fingerprint density at radius 2 is 1.57 bits per heavy atom. The molecule has 4 heteroatoms. The zero-order valence-electron chi connectivity index (χ0n) is 19.9. The lowest BCUT2D eigenvalue weighted by Gasteiger charge is -2.25. The summed E-state index contributed by atoms with van der Waals surface area (Å²) in [7, 11) is 4.47. The van der Waals surface area contributed by atoms with Crippen LogP contribution < -0.4 is 0 Å². The molecule has 1 atom stereocenters. The smallest absolute Gasteiger partial charge is 0.311 e. The third kappa shape index (κ3) is 13.7. The van der Waals surface area contributed by atoms with Crippen LogP contribution in [-0.4, -0.2) is 56.0 Å². The van der Waals surface area contributed by atoms with E-state index in [-0.39, 0.29) is 19.2 Å². The third-order valence-electron chi connectivity index (χ3n) is 5.45. The molecule has 0 fully saturated rings. The van der Waals surface area contributed by atoms with Gasteiger partial charge in [-0.15, -0.1) is 0 Å². The summed E-state index contributed by atoms with van der Waals surface area (Å²) in [5.41, 5.74) is 1.03. The minimum absolute atomic E-state index is 0.0995. The van der Waals surface area contributed by atoms with Gasteiger partial charge in [0, 0.05) is 0 Å². The molecule has 0 aliphatic carbocycles. The lowest BCUT2D eigenvalue weighted by molar-refractivity contribution is -0.886. The van der Waals surface area contributed by atoms with Crippen LogP contribution in [0, 0.1) is 5.41 Å². The van der Waals surface area contributed by atoms with Crippen molar-refractivity contribution in [2.24, 2.45) is 5.41 Å². The molecule has 0 amide bonds. The molecular weight excluding hydrogens is 350 g/mol. The molecule has 164 valence electrons. The van der Waals surface area contributed by atoms with Gasteiger partial charge in [0.25, 0.3) is 0 Å². The molecule has 0 bridgehead atoms. The fourth-order valence-electron chi connectivity index (χ4n) is 1.72.